The Bertz CT molecular complexity index is 990. The Kier molecular flexibility index (Phi) is 4.93. The topological polar surface area (TPSA) is 64.0 Å². The lowest BCUT2D eigenvalue weighted by Gasteiger charge is -2.12. The number of hydrogen-bond acceptors (Lipinski definition) is 3. The molecule has 0 radical (unpaired) electrons. The largest absolute Gasteiger partial charge is 0.324 e. The SMILES string of the molecule is Cc1cccc(C)c1NC(=O)Cn1nc(-c2ccc(F)cc2)ccc1=O. The maximum absolute atomic E-state index is 13.1. The second-order valence-corrected chi connectivity index (χ2v) is 6.04. The highest BCUT2D eigenvalue weighted by Gasteiger charge is 2.11. The number of rotatable bonds is 4. The Morgan fingerprint density at radius 1 is 1.04 bits per heavy atom. The molecule has 0 aliphatic carbocycles. The summed E-state index contributed by atoms with van der Waals surface area (Å²) in [6.45, 7) is 3.60. The zero-order valence-electron chi connectivity index (χ0n) is 14.5. The minimum Gasteiger partial charge on any atom is -0.324 e. The number of hydrogen-bond donors (Lipinski definition) is 1. The smallest absolute Gasteiger partial charge is 0.267 e. The third-order valence-electron chi connectivity index (χ3n) is 4.05. The van der Waals surface area contributed by atoms with Crippen molar-refractivity contribution in [3.05, 3.63) is 81.9 Å². The molecule has 26 heavy (non-hydrogen) atoms. The van der Waals surface area contributed by atoms with Crippen LogP contribution >= 0.6 is 0 Å². The minimum atomic E-state index is -0.382. The summed E-state index contributed by atoms with van der Waals surface area (Å²) in [6.07, 6.45) is 0. The first-order chi connectivity index (χ1) is 12.4. The van der Waals surface area contributed by atoms with Crippen molar-refractivity contribution in [2.75, 3.05) is 5.32 Å². The van der Waals surface area contributed by atoms with Crippen molar-refractivity contribution in [3.63, 3.8) is 0 Å². The van der Waals surface area contributed by atoms with Crippen LogP contribution in [0.2, 0.25) is 0 Å². The van der Waals surface area contributed by atoms with E-state index in [1.165, 1.54) is 18.2 Å². The molecular formula is C20H18FN3O2. The molecule has 0 fully saturated rings. The number of para-hydroxylation sites is 1. The van der Waals surface area contributed by atoms with Gasteiger partial charge in [0, 0.05) is 17.3 Å². The van der Waals surface area contributed by atoms with E-state index in [0.29, 0.717) is 11.3 Å². The first-order valence-corrected chi connectivity index (χ1v) is 8.14. The summed E-state index contributed by atoms with van der Waals surface area (Å²) in [7, 11) is 0. The summed E-state index contributed by atoms with van der Waals surface area (Å²) in [6, 6.07) is 14.4. The Morgan fingerprint density at radius 2 is 1.69 bits per heavy atom. The van der Waals surface area contributed by atoms with Gasteiger partial charge in [0.15, 0.2) is 0 Å². The molecule has 0 aliphatic rings. The molecule has 3 rings (SSSR count). The van der Waals surface area contributed by atoms with Gasteiger partial charge in [0.2, 0.25) is 5.91 Å². The molecule has 5 nitrogen and oxygen atoms in total. The zero-order valence-corrected chi connectivity index (χ0v) is 14.5. The molecule has 132 valence electrons. The van der Waals surface area contributed by atoms with Crippen molar-refractivity contribution < 1.29 is 9.18 Å². The molecule has 0 aliphatic heterocycles. The molecule has 0 saturated heterocycles. The van der Waals surface area contributed by atoms with Crippen LogP contribution in [0.25, 0.3) is 11.3 Å². The van der Waals surface area contributed by atoms with Crippen molar-refractivity contribution >= 4 is 11.6 Å². The van der Waals surface area contributed by atoms with Crippen LogP contribution in [0.3, 0.4) is 0 Å². The van der Waals surface area contributed by atoms with Gasteiger partial charge in [0.05, 0.1) is 5.69 Å². The average Bonchev–Trinajstić information content (AvgIpc) is 2.61. The van der Waals surface area contributed by atoms with Gasteiger partial charge in [0.1, 0.15) is 12.4 Å². The van der Waals surface area contributed by atoms with E-state index in [1.54, 1.807) is 18.2 Å². The standard InChI is InChI=1S/C20H18FN3O2/c1-13-4-3-5-14(2)20(13)22-18(25)12-24-19(26)11-10-17(23-24)15-6-8-16(21)9-7-15/h3-11H,12H2,1-2H3,(H,22,25). The second kappa shape index (κ2) is 7.31. The number of halogens is 1. The molecule has 0 spiro atoms. The molecule has 0 atom stereocenters. The molecule has 1 N–H and O–H groups in total. The fourth-order valence-electron chi connectivity index (χ4n) is 2.66. The fourth-order valence-corrected chi connectivity index (χ4v) is 2.66. The van der Waals surface area contributed by atoms with Crippen molar-refractivity contribution in [2.24, 2.45) is 0 Å². The lowest BCUT2D eigenvalue weighted by molar-refractivity contribution is -0.117. The highest BCUT2D eigenvalue weighted by Crippen LogP contribution is 2.19. The van der Waals surface area contributed by atoms with Crippen LogP contribution in [0.4, 0.5) is 10.1 Å². The van der Waals surface area contributed by atoms with Crippen LogP contribution in [0.1, 0.15) is 11.1 Å². The molecule has 1 amide bonds. The maximum atomic E-state index is 13.1. The highest BCUT2D eigenvalue weighted by atomic mass is 19.1. The zero-order chi connectivity index (χ0) is 18.7. The summed E-state index contributed by atoms with van der Waals surface area (Å²) in [5, 5.41) is 7.05. The number of amides is 1. The molecule has 3 aromatic rings. The fraction of sp³-hybridized carbons (Fsp3) is 0.150. The number of nitrogens with one attached hydrogen (secondary N) is 1. The Morgan fingerprint density at radius 3 is 2.35 bits per heavy atom. The quantitative estimate of drug-likeness (QED) is 0.784. The van der Waals surface area contributed by atoms with Crippen LogP contribution in [-0.2, 0) is 11.3 Å². The van der Waals surface area contributed by atoms with Crippen molar-refractivity contribution in [2.45, 2.75) is 20.4 Å². The van der Waals surface area contributed by atoms with E-state index < -0.39 is 0 Å². The third-order valence-corrected chi connectivity index (χ3v) is 4.05. The normalized spacial score (nSPS) is 10.6. The minimum absolute atomic E-state index is 0.207. The van der Waals surface area contributed by atoms with E-state index in [0.717, 1.165) is 21.5 Å². The number of aryl methyl sites for hydroxylation is 2. The highest BCUT2D eigenvalue weighted by molar-refractivity contribution is 5.92. The molecule has 0 bridgehead atoms. The Labute approximate surface area is 150 Å². The molecule has 6 heteroatoms. The van der Waals surface area contributed by atoms with Gasteiger partial charge in [-0.15, -0.1) is 0 Å². The van der Waals surface area contributed by atoms with E-state index in [9.17, 15) is 14.0 Å². The Balaban J connectivity index is 1.83. The molecule has 2 aromatic carbocycles. The lowest BCUT2D eigenvalue weighted by atomic mass is 10.1. The predicted molar refractivity (Wildman–Crippen MR) is 98.4 cm³/mol. The van der Waals surface area contributed by atoms with E-state index >= 15 is 0 Å². The summed E-state index contributed by atoms with van der Waals surface area (Å²) in [5.41, 5.74) is 3.39. The van der Waals surface area contributed by atoms with E-state index in [2.05, 4.69) is 10.4 Å². The van der Waals surface area contributed by atoms with Gasteiger partial charge in [-0.1, -0.05) is 18.2 Å². The average molecular weight is 351 g/mol. The van der Waals surface area contributed by atoms with E-state index in [1.807, 2.05) is 32.0 Å². The van der Waals surface area contributed by atoms with Gasteiger partial charge in [0.25, 0.3) is 5.56 Å². The molecule has 1 heterocycles. The number of aromatic nitrogens is 2. The monoisotopic (exact) mass is 351 g/mol. The van der Waals surface area contributed by atoms with E-state index in [4.69, 9.17) is 0 Å². The molecule has 0 unspecified atom stereocenters. The summed E-state index contributed by atoms with van der Waals surface area (Å²) in [4.78, 5) is 24.4. The number of carbonyl (C=O) groups excluding carboxylic acids is 1. The van der Waals surface area contributed by atoms with Crippen LogP contribution in [0.15, 0.2) is 59.4 Å². The number of anilines is 1. The van der Waals surface area contributed by atoms with Gasteiger partial charge >= 0.3 is 0 Å². The number of carbonyl (C=O) groups is 1. The van der Waals surface area contributed by atoms with Crippen LogP contribution in [-0.4, -0.2) is 15.7 Å². The third kappa shape index (κ3) is 3.85. The molecule has 0 saturated carbocycles. The van der Waals surface area contributed by atoms with Gasteiger partial charge in [-0.3, -0.25) is 9.59 Å². The Hall–Kier alpha value is -3.28. The first-order valence-electron chi connectivity index (χ1n) is 8.14. The van der Waals surface area contributed by atoms with E-state index in [-0.39, 0.29) is 23.8 Å². The second-order valence-electron chi connectivity index (χ2n) is 6.04. The van der Waals surface area contributed by atoms with Crippen LogP contribution in [0.5, 0.6) is 0 Å². The number of nitrogens with zero attached hydrogens (tertiary/aromatic N) is 2. The summed E-state index contributed by atoms with van der Waals surface area (Å²) < 4.78 is 14.2. The summed E-state index contributed by atoms with van der Waals surface area (Å²) in [5.74, 6) is -0.691. The van der Waals surface area contributed by atoms with Gasteiger partial charge in [-0.2, -0.15) is 5.10 Å². The van der Waals surface area contributed by atoms with Gasteiger partial charge < -0.3 is 5.32 Å². The number of benzene rings is 2. The molecule has 1 aromatic heterocycles. The summed E-state index contributed by atoms with van der Waals surface area (Å²) >= 11 is 0. The molecular weight excluding hydrogens is 333 g/mol. The van der Waals surface area contributed by atoms with Crippen LogP contribution in [0, 0.1) is 19.7 Å². The van der Waals surface area contributed by atoms with Gasteiger partial charge in [-0.25, -0.2) is 9.07 Å². The van der Waals surface area contributed by atoms with Crippen molar-refractivity contribution in [1.29, 1.82) is 0 Å². The van der Waals surface area contributed by atoms with Crippen molar-refractivity contribution in [1.82, 2.24) is 9.78 Å². The first kappa shape index (κ1) is 17.5. The maximum Gasteiger partial charge on any atom is 0.267 e. The van der Waals surface area contributed by atoms with Crippen LogP contribution < -0.4 is 10.9 Å². The van der Waals surface area contributed by atoms with Crippen molar-refractivity contribution in [3.8, 4) is 11.3 Å². The predicted octanol–water partition coefficient (Wildman–Crippen LogP) is 3.30. The van der Waals surface area contributed by atoms with Gasteiger partial charge in [-0.05, 0) is 55.3 Å². The lowest BCUT2D eigenvalue weighted by Crippen LogP contribution is -2.29.